The molecule has 30 heavy (non-hydrogen) atoms. The molecule has 158 valence electrons. The molecule has 4 heterocycles. The topological polar surface area (TPSA) is 143 Å². The van der Waals surface area contributed by atoms with Crippen LogP contribution in [0.4, 0.5) is 0 Å². The Bertz CT molecular complexity index is 1090. The highest BCUT2D eigenvalue weighted by molar-refractivity contribution is 5.60. The van der Waals surface area contributed by atoms with Gasteiger partial charge >= 0.3 is 0 Å². The first-order chi connectivity index (χ1) is 14.4. The molecule has 4 aromatic heterocycles. The van der Waals surface area contributed by atoms with Crippen LogP contribution >= 0.6 is 0 Å². The molecule has 0 saturated carbocycles. The van der Waals surface area contributed by atoms with Crippen LogP contribution in [0.25, 0.3) is 22.9 Å². The van der Waals surface area contributed by atoms with Crippen LogP contribution in [-0.2, 0) is 17.8 Å². The number of nitrogens with one attached hydrogen (secondary N) is 2. The molecule has 0 aliphatic rings. The largest absolute Gasteiger partial charge is 0.483 e. The van der Waals surface area contributed by atoms with Gasteiger partial charge in [-0.15, -0.1) is 0 Å². The fraction of sp³-hybridized carbons (Fsp3) is 0.368. The smallest absolute Gasteiger partial charge is 0.290 e. The zero-order valence-corrected chi connectivity index (χ0v) is 17.4. The lowest BCUT2D eigenvalue weighted by Gasteiger charge is -2.07. The SMILES string of the molecule is Cc1[nH]ncc1-c1nc(-c2cc(C)n(C(C)C)n2)n(CCc2cnc[nH]2)n1.O=CO. The molecule has 3 N–H and O–H groups in total. The molecular weight excluding hydrogens is 386 g/mol. The summed E-state index contributed by atoms with van der Waals surface area (Å²) in [7, 11) is 0. The minimum atomic E-state index is -0.250. The first-order valence-electron chi connectivity index (χ1n) is 9.51. The summed E-state index contributed by atoms with van der Waals surface area (Å²) in [5.74, 6) is 1.41. The predicted molar refractivity (Wildman–Crippen MR) is 110 cm³/mol. The number of carboxylic acid groups (broad SMARTS) is 1. The maximum absolute atomic E-state index is 8.36. The van der Waals surface area contributed by atoms with Crippen molar-refractivity contribution in [2.45, 2.75) is 46.7 Å². The fourth-order valence-electron chi connectivity index (χ4n) is 3.15. The van der Waals surface area contributed by atoms with Crippen molar-refractivity contribution in [2.24, 2.45) is 0 Å². The summed E-state index contributed by atoms with van der Waals surface area (Å²) in [5.41, 5.74) is 4.82. The van der Waals surface area contributed by atoms with E-state index >= 15 is 0 Å². The van der Waals surface area contributed by atoms with E-state index in [1.54, 1.807) is 12.5 Å². The third-order valence-electron chi connectivity index (χ3n) is 4.53. The highest BCUT2D eigenvalue weighted by atomic mass is 16.3. The number of aromatic amines is 2. The van der Waals surface area contributed by atoms with E-state index in [0.29, 0.717) is 12.4 Å². The van der Waals surface area contributed by atoms with Crippen molar-refractivity contribution in [1.82, 2.24) is 44.7 Å². The first kappa shape index (κ1) is 21.0. The zero-order chi connectivity index (χ0) is 21.7. The number of rotatable bonds is 6. The number of carbonyl (C=O) groups is 1. The van der Waals surface area contributed by atoms with Crippen LogP contribution in [0, 0.1) is 13.8 Å². The predicted octanol–water partition coefficient (Wildman–Crippen LogP) is 2.40. The van der Waals surface area contributed by atoms with Crippen molar-refractivity contribution in [2.75, 3.05) is 0 Å². The molecular formula is C19H25N9O2. The number of imidazole rings is 1. The standard InChI is InChI=1S/C18H23N9.CH2O2/c1-11(2)27-12(3)7-16(24-27)18-22-17(15-9-21-23-13(15)4)25-26(18)6-5-14-8-19-10-20-14;2-1-3/h7-11H,5-6H2,1-4H3,(H,19,20)(H,21,23);1H,(H,2,3). The summed E-state index contributed by atoms with van der Waals surface area (Å²) >= 11 is 0. The molecule has 0 bridgehead atoms. The minimum Gasteiger partial charge on any atom is -0.483 e. The minimum absolute atomic E-state index is 0.250. The van der Waals surface area contributed by atoms with Crippen molar-refractivity contribution in [3.63, 3.8) is 0 Å². The van der Waals surface area contributed by atoms with Crippen LogP contribution in [0.5, 0.6) is 0 Å². The zero-order valence-electron chi connectivity index (χ0n) is 17.4. The molecule has 11 nitrogen and oxygen atoms in total. The van der Waals surface area contributed by atoms with E-state index in [1.807, 2.05) is 22.5 Å². The number of nitrogens with zero attached hydrogens (tertiary/aromatic N) is 7. The van der Waals surface area contributed by atoms with Crippen LogP contribution in [0.1, 0.15) is 37.0 Å². The second-order valence-corrected chi connectivity index (χ2v) is 7.03. The second kappa shape index (κ2) is 9.16. The maximum atomic E-state index is 8.36. The number of aromatic nitrogens is 9. The third kappa shape index (κ3) is 4.45. The molecule has 0 fully saturated rings. The van der Waals surface area contributed by atoms with E-state index in [-0.39, 0.29) is 12.5 Å². The molecule has 0 radical (unpaired) electrons. The fourth-order valence-corrected chi connectivity index (χ4v) is 3.15. The average molecular weight is 411 g/mol. The number of hydrogen-bond acceptors (Lipinski definition) is 6. The van der Waals surface area contributed by atoms with Crippen LogP contribution in [0.15, 0.2) is 24.8 Å². The van der Waals surface area contributed by atoms with Gasteiger partial charge in [0, 0.05) is 42.3 Å². The van der Waals surface area contributed by atoms with Gasteiger partial charge in [-0.1, -0.05) is 0 Å². The van der Waals surface area contributed by atoms with Gasteiger partial charge in [0.25, 0.3) is 6.47 Å². The van der Waals surface area contributed by atoms with Gasteiger partial charge in [-0.2, -0.15) is 15.3 Å². The van der Waals surface area contributed by atoms with E-state index in [1.165, 1.54) is 0 Å². The Morgan fingerprint density at radius 3 is 2.57 bits per heavy atom. The first-order valence-corrected chi connectivity index (χ1v) is 9.51. The molecule has 0 saturated heterocycles. The van der Waals surface area contributed by atoms with Crippen LogP contribution in [0.2, 0.25) is 0 Å². The average Bonchev–Trinajstić information content (AvgIpc) is 3.47. The van der Waals surface area contributed by atoms with Crippen LogP contribution in [-0.4, -0.2) is 56.3 Å². The van der Waals surface area contributed by atoms with E-state index in [4.69, 9.17) is 25.1 Å². The van der Waals surface area contributed by atoms with Gasteiger partial charge in [-0.3, -0.25) is 14.6 Å². The monoisotopic (exact) mass is 411 g/mol. The molecule has 0 aliphatic heterocycles. The third-order valence-corrected chi connectivity index (χ3v) is 4.53. The highest BCUT2D eigenvalue weighted by Crippen LogP contribution is 2.24. The quantitative estimate of drug-likeness (QED) is 0.413. The number of hydrogen-bond donors (Lipinski definition) is 3. The van der Waals surface area contributed by atoms with Gasteiger partial charge in [-0.05, 0) is 33.8 Å². The molecule has 0 aromatic carbocycles. The molecule has 0 aliphatic carbocycles. The summed E-state index contributed by atoms with van der Waals surface area (Å²) in [6.45, 7) is 8.68. The van der Waals surface area contributed by atoms with Crippen molar-refractivity contribution >= 4 is 6.47 Å². The van der Waals surface area contributed by atoms with Crippen LogP contribution in [0.3, 0.4) is 0 Å². The summed E-state index contributed by atoms with van der Waals surface area (Å²) in [5, 5.41) is 23.4. The molecule has 4 rings (SSSR count). The lowest BCUT2D eigenvalue weighted by atomic mass is 10.2. The molecule has 4 aromatic rings. The lowest BCUT2D eigenvalue weighted by molar-refractivity contribution is -0.122. The van der Waals surface area contributed by atoms with E-state index in [9.17, 15) is 0 Å². The van der Waals surface area contributed by atoms with Crippen molar-refractivity contribution < 1.29 is 9.90 Å². The van der Waals surface area contributed by atoms with Gasteiger partial charge in [0.15, 0.2) is 11.6 Å². The number of aryl methyl sites for hydroxylation is 4. The Hall–Kier alpha value is -3.76. The summed E-state index contributed by atoms with van der Waals surface area (Å²) in [6.07, 6.45) is 6.05. The highest BCUT2D eigenvalue weighted by Gasteiger charge is 2.19. The van der Waals surface area contributed by atoms with Crippen molar-refractivity contribution in [3.8, 4) is 22.9 Å². The lowest BCUT2D eigenvalue weighted by Crippen LogP contribution is -2.07. The van der Waals surface area contributed by atoms with Crippen molar-refractivity contribution in [1.29, 1.82) is 0 Å². The van der Waals surface area contributed by atoms with Crippen LogP contribution < -0.4 is 0 Å². The summed E-state index contributed by atoms with van der Waals surface area (Å²) in [4.78, 5) is 20.4. The van der Waals surface area contributed by atoms with Crippen molar-refractivity contribution in [3.05, 3.63) is 41.9 Å². The Balaban J connectivity index is 0.000000806. The summed E-state index contributed by atoms with van der Waals surface area (Å²) in [6, 6.07) is 2.35. The molecule has 0 atom stereocenters. The Kier molecular flexibility index (Phi) is 6.40. The Morgan fingerprint density at radius 1 is 1.23 bits per heavy atom. The van der Waals surface area contributed by atoms with Gasteiger partial charge in [-0.25, -0.2) is 14.6 Å². The van der Waals surface area contributed by atoms with Gasteiger partial charge in [0.2, 0.25) is 0 Å². The molecule has 0 unspecified atom stereocenters. The normalized spacial score (nSPS) is 10.8. The Morgan fingerprint density at radius 2 is 2.00 bits per heavy atom. The molecule has 11 heteroatoms. The van der Waals surface area contributed by atoms with E-state index in [0.717, 1.165) is 40.6 Å². The van der Waals surface area contributed by atoms with Gasteiger partial charge in [0.1, 0.15) is 5.69 Å². The van der Waals surface area contributed by atoms with E-state index < -0.39 is 0 Å². The van der Waals surface area contributed by atoms with Gasteiger partial charge < -0.3 is 10.1 Å². The number of H-pyrrole nitrogens is 2. The molecule has 0 amide bonds. The second-order valence-electron chi connectivity index (χ2n) is 7.03. The van der Waals surface area contributed by atoms with Gasteiger partial charge in [0.05, 0.1) is 18.1 Å². The summed E-state index contributed by atoms with van der Waals surface area (Å²) < 4.78 is 3.92. The van der Waals surface area contributed by atoms with E-state index in [2.05, 4.69) is 47.0 Å². The molecule has 0 spiro atoms. The maximum Gasteiger partial charge on any atom is 0.290 e. The Labute approximate surface area is 173 Å².